The third-order valence-electron chi connectivity index (χ3n) is 3.43. The summed E-state index contributed by atoms with van der Waals surface area (Å²) in [5.41, 5.74) is 1.26. The number of aryl methyl sites for hydroxylation is 1. The number of anilines is 1. The Labute approximate surface area is 108 Å². The maximum absolute atomic E-state index is 12.2. The summed E-state index contributed by atoms with van der Waals surface area (Å²) in [6.07, 6.45) is 1.22. The topological polar surface area (TPSA) is 58.1 Å². The van der Waals surface area contributed by atoms with Crippen molar-refractivity contribution in [3.05, 3.63) is 17.5 Å². The summed E-state index contributed by atoms with van der Waals surface area (Å²) in [5.74, 6) is 1.87. The van der Waals surface area contributed by atoms with Crippen LogP contribution in [0.4, 0.5) is 5.95 Å². The monoisotopic (exact) mass is 248 g/mol. The van der Waals surface area contributed by atoms with Crippen LogP contribution in [-0.4, -0.2) is 41.4 Å². The molecule has 18 heavy (non-hydrogen) atoms. The number of hydrogen-bond donors (Lipinski definition) is 1. The maximum Gasteiger partial charge on any atom is 0.272 e. The molecule has 5 heteroatoms. The number of nitrogens with zero attached hydrogens (tertiary/aromatic N) is 3. The molecule has 0 aromatic carbocycles. The van der Waals surface area contributed by atoms with Crippen LogP contribution in [0.1, 0.15) is 29.5 Å². The number of aromatic nitrogens is 2. The van der Waals surface area contributed by atoms with Gasteiger partial charge in [0, 0.05) is 26.3 Å². The van der Waals surface area contributed by atoms with Gasteiger partial charge in [-0.25, -0.2) is 9.97 Å². The van der Waals surface area contributed by atoms with Gasteiger partial charge in [0.2, 0.25) is 5.95 Å². The summed E-state index contributed by atoms with van der Waals surface area (Å²) in [7, 11) is 3.59. The van der Waals surface area contributed by atoms with Crippen molar-refractivity contribution in [3.63, 3.8) is 0 Å². The Hall–Kier alpha value is -1.65. The van der Waals surface area contributed by atoms with Crippen molar-refractivity contribution in [1.82, 2.24) is 14.9 Å². The molecule has 5 nitrogen and oxygen atoms in total. The summed E-state index contributed by atoms with van der Waals surface area (Å²) in [6.45, 7) is 4.90. The summed E-state index contributed by atoms with van der Waals surface area (Å²) >= 11 is 0. The predicted octanol–water partition coefficient (Wildman–Crippen LogP) is 1.55. The molecule has 1 heterocycles. The predicted molar refractivity (Wildman–Crippen MR) is 70.5 cm³/mol. The first kappa shape index (κ1) is 12.8. The highest BCUT2D eigenvalue weighted by Crippen LogP contribution is 2.38. The second-order valence-electron chi connectivity index (χ2n) is 5.13. The van der Waals surface area contributed by atoms with E-state index in [1.54, 1.807) is 18.0 Å². The molecule has 0 saturated heterocycles. The molecule has 1 aliphatic rings. The Morgan fingerprint density at radius 3 is 2.78 bits per heavy atom. The Bertz CT molecular complexity index is 460. The molecule has 1 aliphatic carbocycles. The summed E-state index contributed by atoms with van der Waals surface area (Å²) < 4.78 is 0. The minimum absolute atomic E-state index is 0.0314. The minimum atomic E-state index is -0.0314. The molecule has 0 radical (unpaired) electrons. The Balaban J connectivity index is 2.09. The standard InChI is InChI=1S/C13H20N4O/c1-8-5-10(8)7-17(4)12(18)11-6-9(2)15-13(14-3)16-11/h6,8,10H,5,7H2,1-4H3,(H,14,15,16). The molecule has 1 saturated carbocycles. The molecular formula is C13H20N4O. The number of hydrogen-bond acceptors (Lipinski definition) is 4. The summed E-state index contributed by atoms with van der Waals surface area (Å²) in [5, 5.41) is 2.87. The highest BCUT2D eigenvalue weighted by molar-refractivity contribution is 5.92. The van der Waals surface area contributed by atoms with Crippen molar-refractivity contribution in [2.45, 2.75) is 20.3 Å². The van der Waals surface area contributed by atoms with Crippen molar-refractivity contribution in [3.8, 4) is 0 Å². The van der Waals surface area contributed by atoms with Crippen LogP contribution < -0.4 is 5.32 Å². The number of amides is 1. The van der Waals surface area contributed by atoms with Gasteiger partial charge < -0.3 is 10.2 Å². The van der Waals surface area contributed by atoms with Crippen LogP contribution in [0, 0.1) is 18.8 Å². The van der Waals surface area contributed by atoms with Crippen molar-refractivity contribution in [2.75, 3.05) is 26.0 Å². The molecular weight excluding hydrogens is 228 g/mol. The molecule has 1 aromatic heterocycles. The van der Waals surface area contributed by atoms with Gasteiger partial charge in [-0.3, -0.25) is 4.79 Å². The third kappa shape index (κ3) is 2.78. The largest absolute Gasteiger partial charge is 0.357 e. The van der Waals surface area contributed by atoms with Crippen molar-refractivity contribution >= 4 is 11.9 Å². The van der Waals surface area contributed by atoms with E-state index in [0.29, 0.717) is 17.6 Å². The zero-order chi connectivity index (χ0) is 13.3. The lowest BCUT2D eigenvalue weighted by atomic mass is 10.2. The second-order valence-corrected chi connectivity index (χ2v) is 5.13. The normalized spacial score (nSPS) is 21.6. The van der Waals surface area contributed by atoms with Crippen LogP contribution in [0.5, 0.6) is 0 Å². The summed E-state index contributed by atoms with van der Waals surface area (Å²) in [6, 6.07) is 1.73. The lowest BCUT2D eigenvalue weighted by molar-refractivity contribution is 0.0781. The zero-order valence-corrected chi connectivity index (χ0v) is 11.4. The molecule has 2 atom stereocenters. The van der Waals surface area contributed by atoms with Gasteiger partial charge in [0.15, 0.2) is 0 Å². The molecule has 2 unspecified atom stereocenters. The van der Waals surface area contributed by atoms with Crippen LogP contribution in [0.2, 0.25) is 0 Å². The van der Waals surface area contributed by atoms with Gasteiger partial charge >= 0.3 is 0 Å². The van der Waals surface area contributed by atoms with Crippen LogP contribution in [0.25, 0.3) is 0 Å². The number of carbonyl (C=O) groups excluding carboxylic acids is 1. The molecule has 1 fully saturated rings. The number of nitrogens with one attached hydrogen (secondary N) is 1. The van der Waals surface area contributed by atoms with Gasteiger partial charge in [-0.15, -0.1) is 0 Å². The lowest BCUT2D eigenvalue weighted by Gasteiger charge is -2.17. The molecule has 0 aliphatic heterocycles. The lowest BCUT2D eigenvalue weighted by Crippen LogP contribution is -2.30. The average molecular weight is 248 g/mol. The highest BCUT2D eigenvalue weighted by atomic mass is 16.2. The van der Waals surface area contributed by atoms with E-state index in [1.165, 1.54) is 6.42 Å². The van der Waals surface area contributed by atoms with Gasteiger partial charge in [0.25, 0.3) is 5.91 Å². The minimum Gasteiger partial charge on any atom is -0.357 e. The quantitative estimate of drug-likeness (QED) is 0.878. The van der Waals surface area contributed by atoms with Crippen LogP contribution in [0.3, 0.4) is 0 Å². The van der Waals surface area contributed by atoms with Gasteiger partial charge in [-0.05, 0) is 31.2 Å². The average Bonchev–Trinajstić information content (AvgIpc) is 3.02. The summed E-state index contributed by atoms with van der Waals surface area (Å²) in [4.78, 5) is 22.4. The first-order valence-corrected chi connectivity index (χ1v) is 6.30. The Kier molecular flexibility index (Phi) is 3.50. The molecule has 98 valence electrons. The van der Waals surface area contributed by atoms with E-state index in [0.717, 1.165) is 18.2 Å². The van der Waals surface area contributed by atoms with Gasteiger partial charge in [0.05, 0.1) is 0 Å². The molecule has 1 N–H and O–H groups in total. The van der Waals surface area contributed by atoms with E-state index in [9.17, 15) is 4.79 Å². The molecule has 1 aromatic rings. The highest BCUT2D eigenvalue weighted by Gasteiger charge is 2.34. The molecule has 0 spiro atoms. The second kappa shape index (κ2) is 4.92. The molecule has 1 amide bonds. The maximum atomic E-state index is 12.2. The number of rotatable bonds is 4. The van der Waals surface area contributed by atoms with E-state index < -0.39 is 0 Å². The van der Waals surface area contributed by atoms with Crippen molar-refractivity contribution in [2.24, 2.45) is 11.8 Å². The van der Waals surface area contributed by atoms with Crippen molar-refractivity contribution in [1.29, 1.82) is 0 Å². The van der Waals surface area contributed by atoms with E-state index in [2.05, 4.69) is 22.2 Å². The van der Waals surface area contributed by atoms with Gasteiger partial charge in [-0.1, -0.05) is 6.92 Å². The van der Waals surface area contributed by atoms with Gasteiger partial charge in [0.1, 0.15) is 5.69 Å². The Morgan fingerprint density at radius 2 is 2.22 bits per heavy atom. The van der Waals surface area contributed by atoms with Crippen LogP contribution in [0.15, 0.2) is 6.07 Å². The van der Waals surface area contributed by atoms with E-state index in [4.69, 9.17) is 0 Å². The SMILES string of the molecule is CNc1nc(C)cc(C(=O)N(C)CC2CC2C)n1. The van der Waals surface area contributed by atoms with E-state index in [1.807, 2.05) is 14.0 Å². The molecule has 0 bridgehead atoms. The Morgan fingerprint density at radius 1 is 1.56 bits per heavy atom. The third-order valence-corrected chi connectivity index (χ3v) is 3.43. The van der Waals surface area contributed by atoms with Gasteiger partial charge in [-0.2, -0.15) is 0 Å². The smallest absolute Gasteiger partial charge is 0.272 e. The van der Waals surface area contributed by atoms with E-state index in [-0.39, 0.29) is 5.91 Å². The fourth-order valence-electron chi connectivity index (χ4n) is 2.07. The van der Waals surface area contributed by atoms with Crippen LogP contribution >= 0.6 is 0 Å². The zero-order valence-electron chi connectivity index (χ0n) is 11.4. The van der Waals surface area contributed by atoms with E-state index >= 15 is 0 Å². The first-order valence-electron chi connectivity index (χ1n) is 6.30. The first-order chi connectivity index (χ1) is 8.51. The van der Waals surface area contributed by atoms with Crippen LogP contribution in [-0.2, 0) is 0 Å². The molecule has 2 rings (SSSR count). The van der Waals surface area contributed by atoms with Crippen molar-refractivity contribution < 1.29 is 4.79 Å². The fraction of sp³-hybridized carbons (Fsp3) is 0.615. The number of carbonyl (C=O) groups is 1. The fourth-order valence-corrected chi connectivity index (χ4v) is 2.07.